The third kappa shape index (κ3) is 12.9. The fourth-order valence-corrected chi connectivity index (χ4v) is 21.6. The Morgan fingerprint density at radius 1 is 0.152 bits per heavy atom. The van der Waals surface area contributed by atoms with Crippen molar-refractivity contribution >= 4 is 162 Å². The van der Waals surface area contributed by atoms with E-state index in [9.17, 15) is 0 Å². The molecule has 618 valence electrons. The van der Waals surface area contributed by atoms with E-state index in [-0.39, 0.29) is 0 Å². The van der Waals surface area contributed by atoms with Crippen LogP contribution in [0.3, 0.4) is 0 Å². The summed E-state index contributed by atoms with van der Waals surface area (Å²) in [6, 6.07) is 175. The first-order valence-corrected chi connectivity index (χ1v) is 45.5. The first kappa shape index (κ1) is 77.2. The van der Waals surface area contributed by atoms with Gasteiger partial charge in [-0.05, 0) is 274 Å². The fraction of sp³-hybridized carbons (Fsp3) is 0.0156. The van der Waals surface area contributed by atoms with Gasteiger partial charge in [-0.2, -0.15) is 0 Å². The van der Waals surface area contributed by atoms with E-state index in [1.165, 1.54) is 246 Å². The minimum atomic E-state index is 0.874. The molecule has 0 aliphatic heterocycles. The highest BCUT2D eigenvalue weighted by Crippen LogP contribution is 2.50. The van der Waals surface area contributed by atoms with Crippen molar-refractivity contribution in [3.8, 4) is 89.6 Å². The molecule has 0 radical (unpaired) electrons. The Morgan fingerprint density at radius 3 is 0.636 bits per heavy atom. The van der Waals surface area contributed by atoms with Gasteiger partial charge in [-0.15, -0.1) is 0 Å². The van der Waals surface area contributed by atoms with Crippen molar-refractivity contribution in [3.05, 3.63) is 485 Å². The molecule has 3 heterocycles. The molecule has 0 saturated carbocycles. The molecule has 0 spiro atoms. The highest BCUT2D eigenvalue weighted by Gasteiger charge is 2.25. The Kier molecular flexibility index (Phi) is 18.7. The van der Waals surface area contributed by atoms with Gasteiger partial charge in [-0.3, -0.25) is 0 Å². The van der Waals surface area contributed by atoms with Crippen LogP contribution in [0.15, 0.2) is 479 Å². The fourth-order valence-electron chi connectivity index (χ4n) is 21.6. The molecule has 0 saturated heterocycles. The summed E-state index contributed by atoms with van der Waals surface area (Å²) in [7, 11) is 1.72. The van der Waals surface area contributed by atoms with Gasteiger partial charge in [0.05, 0.1) is 40.2 Å². The average molecular weight is 1680 g/mol. The molecule has 27 aromatic rings. The highest BCUT2D eigenvalue weighted by molar-refractivity contribution is 6.26. The van der Waals surface area contributed by atoms with Crippen LogP contribution in [-0.4, -0.2) is 20.8 Å². The van der Waals surface area contributed by atoms with E-state index in [0.717, 1.165) is 11.4 Å². The second-order valence-corrected chi connectivity index (χ2v) is 34.8. The molecule has 0 aliphatic rings. The van der Waals surface area contributed by atoms with E-state index in [1.54, 1.807) is 7.11 Å². The third-order valence-electron chi connectivity index (χ3n) is 27.4. The van der Waals surface area contributed by atoms with Crippen LogP contribution in [0.4, 0.5) is 0 Å². The maximum Gasteiger partial charge on any atom is 0.119 e. The third-order valence-corrected chi connectivity index (χ3v) is 27.4. The number of para-hydroxylation sites is 6. The maximum absolute atomic E-state index is 5.48. The average Bonchev–Trinajstić information content (AvgIpc) is 1.25. The molecule has 0 atom stereocenters. The van der Waals surface area contributed by atoms with Crippen molar-refractivity contribution in [2.45, 2.75) is 6.92 Å². The normalized spacial score (nSPS) is 11.7. The summed E-state index contributed by atoms with van der Waals surface area (Å²) >= 11 is 0. The molecule has 0 bridgehead atoms. The zero-order chi connectivity index (χ0) is 87.4. The second-order valence-electron chi connectivity index (χ2n) is 34.8. The molecule has 0 fully saturated rings. The molecule has 27 rings (SSSR count). The molecular weight excluding hydrogens is 1600 g/mol. The van der Waals surface area contributed by atoms with Crippen LogP contribution in [0.1, 0.15) is 5.56 Å². The Morgan fingerprint density at radius 2 is 0.356 bits per heavy atom. The molecule has 0 N–H and O–H groups in total. The topological polar surface area (TPSA) is 24.0 Å². The molecule has 24 aromatic carbocycles. The number of aryl methyl sites for hydroxylation is 1. The molecule has 4 nitrogen and oxygen atoms in total. The molecular formula is C128H85N3O. The van der Waals surface area contributed by atoms with Crippen LogP contribution < -0.4 is 4.74 Å². The summed E-state index contributed by atoms with van der Waals surface area (Å²) in [5, 5.41) is 30.3. The number of rotatable bonds is 10. The van der Waals surface area contributed by atoms with Crippen LogP contribution in [0.5, 0.6) is 5.75 Å². The lowest BCUT2D eigenvalue weighted by Gasteiger charge is -2.19. The van der Waals surface area contributed by atoms with Crippen molar-refractivity contribution < 1.29 is 4.74 Å². The number of methoxy groups -OCH3 is 1. The largest absolute Gasteiger partial charge is 0.497 e. The SMILES string of the molecule is COc1ccc2cc(-c3c4ccccc4c(-c4cccc(-n5c6ccccc6c6ccccc65)c4)c4ccccc34)ccc2c1.Cc1ccc2cc(-c3c4ccccc4c(-c4cccc(-n5c6ccccc6c6ccccc65)c4)c4ccccc34)ccc2c1.c1cc(-c2c3ccccc3c(-c3ccc4ccccc4c3)c3ccccc23)cc(-n2c3ccccc3c3ccccc32)c1. The minimum absolute atomic E-state index is 0.874. The van der Waals surface area contributed by atoms with E-state index in [2.05, 4.69) is 494 Å². The second kappa shape index (κ2) is 32.0. The number of aromatic nitrogens is 3. The summed E-state index contributed by atoms with van der Waals surface area (Å²) in [6.07, 6.45) is 0. The number of fused-ring (bicyclic) bond motifs is 18. The van der Waals surface area contributed by atoms with Gasteiger partial charge in [0.1, 0.15) is 5.75 Å². The number of nitrogens with zero attached hydrogens (tertiary/aromatic N) is 3. The predicted molar refractivity (Wildman–Crippen MR) is 564 cm³/mol. The van der Waals surface area contributed by atoms with Gasteiger partial charge in [0.25, 0.3) is 0 Å². The van der Waals surface area contributed by atoms with Crippen LogP contribution in [0, 0.1) is 6.92 Å². The van der Waals surface area contributed by atoms with Crippen LogP contribution in [0.2, 0.25) is 0 Å². The molecule has 0 unspecified atom stereocenters. The van der Waals surface area contributed by atoms with E-state index in [0.29, 0.717) is 0 Å². The summed E-state index contributed by atoms with van der Waals surface area (Å²) in [5.41, 5.74) is 27.1. The number of ether oxygens (including phenoxy) is 1. The molecule has 132 heavy (non-hydrogen) atoms. The van der Waals surface area contributed by atoms with Gasteiger partial charge in [-0.25, -0.2) is 0 Å². The quantitative estimate of drug-likeness (QED) is 0.125. The van der Waals surface area contributed by atoms with Crippen molar-refractivity contribution in [3.63, 3.8) is 0 Å². The van der Waals surface area contributed by atoms with Crippen LogP contribution in [-0.2, 0) is 0 Å². The van der Waals surface area contributed by atoms with Gasteiger partial charge in [0.15, 0.2) is 0 Å². The first-order chi connectivity index (χ1) is 65.4. The summed E-state index contributed by atoms with van der Waals surface area (Å²) in [6.45, 7) is 2.16. The lowest BCUT2D eigenvalue weighted by molar-refractivity contribution is 0.415. The van der Waals surface area contributed by atoms with Crippen LogP contribution >= 0.6 is 0 Å². The summed E-state index contributed by atoms with van der Waals surface area (Å²) < 4.78 is 12.7. The van der Waals surface area contributed by atoms with E-state index in [4.69, 9.17) is 4.74 Å². The molecule has 0 amide bonds. The number of benzene rings is 24. The van der Waals surface area contributed by atoms with Gasteiger partial charge >= 0.3 is 0 Å². The van der Waals surface area contributed by atoms with Crippen molar-refractivity contribution in [1.82, 2.24) is 13.7 Å². The van der Waals surface area contributed by atoms with E-state index >= 15 is 0 Å². The minimum Gasteiger partial charge on any atom is -0.497 e. The van der Waals surface area contributed by atoms with Gasteiger partial charge in [-0.1, -0.05) is 382 Å². The summed E-state index contributed by atoms with van der Waals surface area (Å²) in [5.74, 6) is 0.874. The highest BCUT2D eigenvalue weighted by atomic mass is 16.5. The molecule has 0 aliphatic carbocycles. The predicted octanol–water partition coefficient (Wildman–Crippen LogP) is 35.0. The zero-order valence-corrected chi connectivity index (χ0v) is 72.9. The number of hydrogen-bond donors (Lipinski definition) is 0. The standard InChI is InChI=1S/C43H29NO.C43H29N.C42H27N/c1-45-33-24-23-28-25-31(22-21-29(28)27-33)43-38-17-4-2-15-36(38)42(37-16-3-5-18-39(37)43)30-11-10-12-32(26-30)44-40-19-8-6-13-34(40)35-14-7-9-20-41(35)44;1-28-21-22-30-26-32(24-23-29(30)25-28)43-38-17-4-2-15-36(38)42(37-16-3-5-18-39(37)43)31-11-10-12-33(27-31)44-40-19-8-6-13-34(40)35-14-7-9-20-41(35)44;1-2-13-29-26-31(25-24-28(29)12-1)42-37-20-5-3-18-35(37)41(36-19-4-6-21-38(36)42)30-14-11-15-32(27-30)43-39-22-9-7-16-33(39)34-17-8-10-23-40(34)43/h2-27H,1H3;2-27H,1H3;1-27H. The Hall–Kier alpha value is -17.2. The molecule has 4 heteroatoms. The Bertz CT molecular complexity index is 9050. The van der Waals surface area contributed by atoms with E-state index in [1.807, 2.05) is 6.07 Å². The molecule has 3 aromatic heterocycles. The van der Waals surface area contributed by atoms with Crippen molar-refractivity contribution in [1.29, 1.82) is 0 Å². The monoisotopic (exact) mass is 1680 g/mol. The summed E-state index contributed by atoms with van der Waals surface area (Å²) in [4.78, 5) is 0. The number of hydrogen-bond acceptors (Lipinski definition) is 1. The Balaban J connectivity index is 0.000000106. The van der Waals surface area contributed by atoms with Gasteiger partial charge < -0.3 is 18.4 Å². The maximum atomic E-state index is 5.48. The van der Waals surface area contributed by atoms with Crippen LogP contribution in [0.25, 0.3) is 246 Å². The van der Waals surface area contributed by atoms with E-state index < -0.39 is 0 Å². The first-order valence-electron chi connectivity index (χ1n) is 45.5. The smallest absolute Gasteiger partial charge is 0.119 e. The lowest BCUT2D eigenvalue weighted by Crippen LogP contribution is -1.95. The van der Waals surface area contributed by atoms with Crippen molar-refractivity contribution in [2.75, 3.05) is 7.11 Å². The lowest BCUT2D eigenvalue weighted by atomic mass is 9.85. The zero-order valence-electron chi connectivity index (χ0n) is 72.9. The van der Waals surface area contributed by atoms with Crippen molar-refractivity contribution in [2.24, 2.45) is 0 Å². The van der Waals surface area contributed by atoms with Gasteiger partial charge in [0.2, 0.25) is 0 Å². The van der Waals surface area contributed by atoms with Gasteiger partial charge in [0, 0.05) is 49.4 Å². The Labute approximate surface area is 763 Å².